The fourth-order valence-electron chi connectivity index (χ4n) is 5.11. The van der Waals surface area contributed by atoms with Crippen LogP contribution in [0.25, 0.3) is 10.9 Å². The van der Waals surface area contributed by atoms with Gasteiger partial charge in [-0.15, -0.1) is 0 Å². The zero-order valence-corrected chi connectivity index (χ0v) is 16.0. The zero-order valence-electron chi connectivity index (χ0n) is 16.0. The molecule has 2 heteroatoms. The summed E-state index contributed by atoms with van der Waals surface area (Å²) in [5.41, 5.74) is 8.90. The van der Waals surface area contributed by atoms with Crippen molar-refractivity contribution in [2.45, 2.75) is 58.7 Å². The molecule has 1 unspecified atom stereocenters. The lowest BCUT2D eigenvalue weighted by Gasteiger charge is -2.33. The van der Waals surface area contributed by atoms with Crippen LogP contribution in [0.5, 0.6) is 0 Å². The second kappa shape index (κ2) is 6.28. The van der Waals surface area contributed by atoms with Crippen molar-refractivity contribution < 1.29 is 0 Å². The number of rotatable bonds is 2. The summed E-state index contributed by atoms with van der Waals surface area (Å²) in [6.45, 7) is 7.83. The lowest BCUT2D eigenvalue weighted by atomic mass is 9.90. The Bertz CT molecular complexity index is 945. The summed E-state index contributed by atoms with van der Waals surface area (Å²) in [5.74, 6) is 0. The molecule has 1 atom stereocenters. The molecule has 0 amide bonds. The third kappa shape index (κ3) is 2.59. The number of aromatic nitrogens is 1. The molecule has 134 valence electrons. The molecule has 1 aliphatic heterocycles. The quantitative estimate of drug-likeness (QED) is 0.592. The minimum Gasteiger partial charge on any atom is -0.343 e. The Morgan fingerprint density at radius 1 is 0.923 bits per heavy atom. The minimum absolute atomic E-state index is 0.579. The number of aryl methyl sites for hydroxylation is 4. The van der Waals surface area contributed by atoms with Crippen LogP contribution in [0.4, 0.5) is 0 Å². The van der Waals surface area contributed by atoms with Crippen molar-refractivity contribution in [1.29, 1.82) is 0 Å². The molecule has 5 rings (SSSR count). The van der Waals surface area contributed by atoms with E-state index in [0.717, 1.165) is 13.1 Å². The van der Waals surface area contributed by atoms with E-state index in [9.17, 15) is 0 Å². The van der Waals surface area contributed by atoms with Gasteiger partial charge in [0.15, 0.2) is 0 Å². The Labute approximate surface area is 156 Å². The highest BCUT2D eigenvalue weighted by atomic mass is 15.2. The normalized spacial score (nSPS) is 20.2. The van der Waals surface area contributed by atoms with Crippen LogP contribution in [0.1, 0.15) is 53.3 Å². The highest BCUT2D eigenvalue weighted by Crippen LogP contribution is 2.42. The van der Waals surface area contributed by atoms with E-state index in [1.165, 1.54) is 59.8 Å². The van der Waals surface area contributed by atoms with Crippen molar-refractivity contribution in [3.05, 3.63) is 70.4 Å². The number of fused-ring (bicyclic) bond motifs is 3. The first kappa shape index (κ1) is 16.1. The largest absolute Gasteiger partial charge is 0.343 e. The highest BCUT2D eigenvalue weighted by molar-refractivity contribution is 5.86. The molecular formula is C24H28N2. The van der Waals surface area contributed by atoms with Crippen LogP contribution in [0.2, 0.25) is 0 Å². The lowest BCUT2D eigenvalue weighted by molar-refractivity contribution is 0.173. The summed E-state index contributed by atoms with van der Waals surface area (Å²) in [6.07, 6.45) is 5.10. The van der Waals surface area contributed by atoms with Gasteiger partial charge in [-0.2, -0.15) is 0 Å². The second-order valence-corrected chi connectivity index (χ2v) is 8.25. The Morgan fingerprint density at radius 2 is 1.73 bits per heavy atom. The van der Waals surface area contributed by atoms with Crippen molar-refractivity contribution in [1.82, 2.24) is 9.47 Å². The van der Waals surface area contributed by atoms with E-state index in [0.29, 0.717) is 6.04 Å². The molecule has 1 aliphatic carbocycles. The smallest absolute Gasteiger partial charge is 0.0507 e. The van der Waals surface area contributed by atoms with Gasteiger partial charge in [-0.05, 0) is 62.8 Å². The van der Waals surface area contributed by atoms with Crippen LogP contribution >= 0.6 is 0 Å². The molecule has 0 radical (unpaired) electrons. The first-order valence-corrected chi connectivity index (χ1v) is 10.1. The molecular weight excluding hydrogens is 316 g/mol. The van der Waals surface area contributed by atoms with Gasteiger partial charge >= 0.3 is 0 Å². The molecule has 0 saturated heterocycles. The summed E-state index contributed by atoms with van der Waals surface area (Å²) >= 11 is 0. The van der Waals surface area contributed by atoms with E-state index in [1.807, 2.05) is 0 Å². The molecule has 2 heterocycles. The van der Waals surface area contributed by atoms with Crippen LogP contribution in [0.3, 0.4) is 0 Å². The average Bonchev–Trinajstić information content (AvgIpc) is 2.83. The predicted octanol–water partition coefficient (Wildman–Crippen LogP) is 5.54. The molecule has 2 aliphatic rings. The van der Waals surface area contributed by atoms with Gasteiger partial charge < -0.3 is 4.57 Å². The number of nitrogens with zero attached hydrogens (tertiary/aromatic N) is 2. The fraction of sp³-hybridized carbons (Fsp3) is 0.417. The molecule has 26 heavy (non-hydrogen) atoms. The van der Waals surface area contributed by atoms with Crippen molar-refractivity contribution in [3.63, 3.8) is 0 Å². The molecule has 0 fully saturated rings. The first-order valence-electron chi connectivity index (χ1n) is 10.1. The highest BCUT2D eigenvalue weighted by Gasteiger charge is 2.33. The van der Waals surface area contributed by atoms with E-state index in [4.69, 9.17) is 0 Å². The van der Waals surface area contributed by atoms with Crippen molar-refractivity contribution >= 4 is 10.9 Å². The second-order valence-electron chi connectivity index (χ2n) is 8.25. The first-order chi connectivity index (χ1) is 12.7. The van der Waals surface area contributed by atoms with Crippen molar-refractivity contribution in [2.75, 3.05) is 6.54 Å². The van der Waals surface area contributed by atoms with Crippen LogP contribution in [-0.4, -0.2) is 16.0 Å². The maximum atomic E-state index is 2.75. The van der Waals surface area contributed by atoms with Crippen molar-refractivity contribution in [3.8, 4) is 0 Å². The zero-order chi connectivity index (χ0) is 17.7. The maximum Gasteiger partial charge on any atom is 0.0507 e. The van der Waals surface area contributed by atoms with Gasteiger partial charge in [-0.25, -0.2) is 0 Å². The molecule has 0 N–H and O–H groups in total. The van der Waals surface area contributed by atoms with Gasteiger partial charge in [0.25, 0.3) is 0 Å². The molecule has 3 aromatic rings. The third-order valence-corrected chi connectivity index (χ3v) is 6.36. The van der Waals surface area contributed by atoms with Crippen molar-refractivity contribution in [2.24, 2.45) is 0 Å². The molecule has 0 spiro atoms. The van der Waals surface area contributed by atoms with E-state index < -0.39 is 0 Å². The van der Waals surface area contributed by atoms with Gasteiger partial charge in [0.05, 0.1) is 6.04 Å². The van der Waals surface area contributed by atoms with E-state index in [-0.39, 0.29) is 0 Å². The van der Waals surface area contributed by atoms with Gasteiger partial charge in [-0.3, -0.25) is 4.90 Å². The summed E-state index contributed by atoms with van der Waals surface area (Å²) in [5, 5.41) is 1.52. The van der Waals surface area contributed by atoms with Gasteiger partial charge in [-0.1, -0.05) is 41.5 Å². The Morgan fingerprint density at radius 3 is 2.58 bits per heavy atom. The SMILES string of the molecule is Cc1ccc(CN2CCCn3c4c(c5cc(C)ccc53)CCCC42)cc1. The monoisotopic (exact) mass is 344 g/mol. The third-order valence-electron chi connectivity index (χ3n) is 6.36. The summed E-state index contributed by atoms with van der Waals surface area (Å²) < 4.78 is 2.66. The van der Waals surface area contributed by atoms with E-state index >= 15 is 0 Å². The van der Waals surface area contributed by atoms with Crippen LogP contribution in [-0.2, 0) is 19.5 Å². The number of hydrogen-bond donors (Lipinski definition) is 0. The predicted molar refractivity (Wildman–Crippen MR) is 109 cm³/mol. The molecule has 0 saturated carbocycles. The number of benzene rings is 2. The average molecular weight is 345 g/mol. The minimum atomic E-state index is 0.579. The van der Waals surface area contributed by atoms with Gasteiger partial charge in [0.1, 0.15) is 0 Å². The number of hydrogen-bond acceptors (Lipinski definition) is 1. The van der Waals surface area contributed by atoms with Crippen LogP contribution < -0.4 is 0 Å². The summed E-state index contributed by atoms with van der Waals surface area (Å²) in [7, 11) is 0. The Kier molecular flexibility index (Phi) is 3.90. The maximum absolute atomic E-state index is 2.75. The van der Waals surface area contributed by atoms with Gasteiger partial charge in [0.2, 0.25) is 0 Å². The lowest BCUT2D eigenvalue weighted by Crippen LogP contribution is -2.31. The van der Waals surface area contributed by atoms with Gasteiger partial charge in [0, 0.05) is 36.2 Å². The van der Waals surface area contributed by atoms with Crippen LogP contribution in [0.15, 0.2) is 42.5 Å². The Balaban J connectivity index is 1.58. The standard InChI is InChI=1S/C24H28N2/c1-17-7-10-19(11-8-17)16-25-13-4-14-26-22-12-9-18(2)15-21(22)20-5-3-6-23(25)24(20)26/h7-12,15,23H,3-6,13-14,16H2,1-2H3. The molecule has 2 nitrogen and oxygen atoms in total. The summed E-state index contributed by atoms with van der Waals surface area (Å²) in [6, 6.07) is 16.7. The molecule has 1 aromatic heterocycles. The van der Waals surface area contributed by atoms with E-state index in [2.05, 4.69) is 65.8 Å². The van der Waals surface area contributed by atoms with Crippen LogP contribution in [0, 0.1) is 13.8 Å². The fourth-order valence-corrected chi connectivity index (χ4v) is 5.11. The summed E-state index contributed by atoms with van der Waals surface area (Å²) in [4.78, 5) is 2.75. The molecule has 0 bridgehead atoms. The topological polar surface area (TPSA) is 8.17 Å². The Hall–Kier alpha value is -2.06. The molecule has 2 aromatic carbocycles. The van der Waals surface area contributed by atoms with E-state index in [1.54, 1.807) is 11.3 Å².